The molecule has 1 aliphatic rings. The summed E-state index contributed by atoms with van der Waals surface area (Å²) in [4.78, 5) is 5.89. The molecule has 20 heavy (non-hydrogen) atoms. The van der Waals surface area contributed by atoms with Crippen molar-refractivity contribution in [2.75, 3.05) is 0 Å². The van der Waals surface area contributed by atoms with E-state index in [-0.39, 0.29) is 0 Å². The van der Waals surface area contributed by atoms with Crippen molar-refractivity contribution >= 4 is 38.5 Å². The van der Waals surface area contributed by atoms with Crippen molar-refractivity contribution in [3.05, 3.63) is 50.3 Å². The van der Waals surface area contributed by atoms with Crippen LogP contribution in [-0.4, -0.2) is 6.21 Å². The number of halogens is 1. The second kappa shape index (κ2) is 5.90. The van der Waals surface area contributed by atoms with Gasteiger partial charge in [0.05, 0.1) is 5.56 Å². The fraction of sp³-hybridized carbons (Fsp3) is 0.250. The van der Waals surface area contributed by atoms with Gasteiger partial charge < -0.3 is 0 Å². The minimum absolute atomic E-state index is 0.790. The van der Waals surface area contributed by atoms with Crippen LogP contribution in [-0.2, 0) is 12.8 Å². The molecule has 2 aromatic rings. The van der Waals surface area contributed by atoms with Gasteiger partial charge in [-0.2, -0.15) is 5.26 Å². The first kappa shape index (κ1) is 13.5. The van der Waals surface area contributed by atoms with Crippen molar-refractivity contribution in [2.24, 2.45) is 4.99 Å². The molecule has 1 aromatic heterocycles. The van der Waals surface area contributed by atoms with E-state index in [4.69, 9.17) is 0 Å². The predicted molar refractivity (Wildman–Crippen MR) is 87.1 cm³/mol. The third-order valence-corrected chi connectivity index (χ3v) is 5.19. The number of thiophene rings is 1. The van der Waals surface area contributed by atoms with Gasteiger partial charge in [-0.3, -0.25) is 0 Å². The van der Waals surface area contributed by atoms with Gasteiger partial charge in [0.25, 0.3) is 0 Å². The molecule has 0 radical (unpaired) electrons. The van der Waals surface area contributed by atoms with E-state index in [9.17, 15) is 5.26 Å². The van der Waals surface area contributed by atoms with E-state index in [1.165, 1.54) is 23.3 Å². The highest BCUT2D eigenvalue weighted by atomic mass is 79.9. The number of rotatable bonds is 2. The standard InChI is InChI=1S/C16H13BrN2S/c17-12-7-5-11(6-8-12)10-19-16-14(9-18)13-3-1-2-4-15(13)20-16/h5-8,10H,1-4H2/b19-10-. The van der Waals surface area contributed by atoms with Crippen molar-refractivity contribution < 1.29 is 0 Å². The highest BCUT2D eigenvalue weighted by molar-refractivity contribution is 9.10. The van der Waals surface area contributed by atoms with Gasteiger partial charge in [-0.05, 0) is 48.9 Å². The molecule has 0 aliphatic heterocycles. The van der Waals surface area contributed by atoms with Crippen LogP contribution in [0, 0.1) is 11.3 Å². The van der Waals surface area contributed by atoms with Crippen LogP contribution in [0.3, 0.4) is 0 Å². The van der Waals surface area contributed by atoms with Crippen LogP contribution in [0.15, 0.2) is 33.7 Å². The average molecular weight is 345 g/mol. The maximum absolute atomic E-state index is 9.37. The number of nitrogens with zero attached hydrogens (tertiary/aromatic N) is 2. The van der Waals surface area contributed by atoms with Crippen molar-refractivity contribution in [3.8, 4) is 6.07 Å². The Kier molecular flexibility index (Phi) is 4.00. The number of hydrogen-bond acceptors (Lipinski definition) is 3. The minimum atomic E-state index is 0.790. The van der Waals surface area contributed by atoms with E-state index >= 15 is 0 Å². The average Bonchev–Trinajstić information content (AvgIpc) is 2.84. The Morgan fingerprint density at radius 2 is 1.95 bits per heavy atom. The van der Waals surface area contributed by atoms with Gasteiger partial charge in [0, 0.05) is 15.6 Å². The Labute approximate surface area is 130 Å². The Morgan fingerprint density at radius 3 is 2.70 bits per heavy atom. The number of nitriles is 1. The first-order valence-electron chi connectivity index (χ1n) is 6.62. The van der Waals surface area contributed by atoms with Gasteiger partial charge in [-0.1, -0.05) is 28.1 Å². The molecular weight excluding hydrogens is 332 g/mol. The summed E-state index contributed by atoms with van der Waals surface area (Å²) in [6.45, 7) is 0. The van der Waals surface area contributed by atoms with Crippen molar-refractivity contribution in [2.45, 2.75) is 25.7 Å². The molecule has 0 spiro atoms. The summed E-state index contributed by atoms with van der Waals surface area (Å²) in [5.74, 6) is 0. The number of benzene rings is 1. The third-order valence-electron chi connectivity index (χ3n) is 3.47. The van der Waals surface area contributed by atoms with E-state index in [2.05, 4.69) is 27.0 Å². The number of aryl methyl sites for hydroxylation is 1. The van der Waals surface area contributed by atoms with Gasteiger partial charge >= 0.3 is 0 Å². The molecule has 0 amide bonds. The first-order chi connectivity index (χ1) is 9.78. The molecule has 3 rings (SSSR count). The molecule has 0 fully saturated rings. The van der Waals surface area contributed by atoms with E-state index < -0.39 is 0 Å². The minimum Gasteiger partial charge on any atom is -0.244 e. The predicted octanol–water partition coefficient (Wildman–Crippen LogP) is 5.01. The van der Waals surface area contributed by atoms with Gasteiger partial charge in [-0.15, -0.1) is 11.3 Å². The summed E-state index contributed by atoms with van der Waals surface area (Å²) in [5, 5.41) is 10.2. The Bertz CT molecular complexity index is 693. The monoisotopic (exact) mass is 344 g/mol. The summed E-state index contributed by atoms with van der Waals surface area (Å²) in [6.07, 6.45) is 6.39. The van der Waals surface area contributed by atoms with Crippen LogP contribution in [0.5, 0.6) is 0 Å². The van der Waals surface area contributed by atoms with Crippen molar-refractivity contribution in [3.63, 3.8) is 0 Å². The molecule has 0 atom stereocenters. The second-order valence-corrected chi connectivity index (χ2v) is 6.81. The fourth-order valence-electron chi connectivity index (χ4n) is 2.44. The second-order valence-electron chi connectivity index (χ2n) is 4.81. The first-order valence-corrected chi connectivity index (χ1v) is 8.23. The summed E-state index contributed by atoms with van der Waals surface area (Å²) >= 11 is 5.10. The molecule has 1 aliphatic carbocycles. The Hall–Kier alpha value is -1.44. The number of aliphatic imine (C=N–C) groups is 1. The summed E-state index contributed by atoms with van der Waals surface area (Å²) in [7, 11) is 0. The zero-order valence-corrected chi connectivity index (χ0v) is 13.3. The van der Waals surface area contributed by atoms with E-state index in [0.29, 0.717) is 0 Å². The van der Waals surface area contributed by atoms with Gasteiger partial charge in [0.2, 0.25) is 0 Å². The highest BCUT2D eigenvalue weighted by Gasteiger charge is 2.19. The molecule has 0 N–H and O–H groups in total. The van der Waals surface area contributed by atoms with E-state index in [1.807, 2.05) is 30.5 Å². The summed E-state index contributed by atoms with van der Waals surface area (Å²) in [5.41, 5.74) is 3.08. The topological polar surface area (TPSA) is 36.1 Å². The fourth-order valence-corrected chi connectivity index (χ4v) is 3.89. The van der Waals surface area contributed by atoms with Crippen LogP contribution in [0.1, 0.15) is 34.4 Å². The molecule has 1 aromatic carbocycles. The maximum atomic E-state index is 9.37. The normalized spacial score (nSPS) is 14.2. The largest absolute Gasteiger partial charge is 0.244 e. The third kappa shape index (κ3) is 2.70. The SMILES string of the molecule is N#Cc1c(/N=C\c2ccc(Br)cc2)sc2c1CCCC2. The van der Waals surface area contributed by atoms with Gasteiger partial charge in [0.15, 0.2) is 0 Å². The molecule has 1 heterocycles. The molecule has 0 saturated heterocycles. The van der Waals surface area contributed by atoms with Crippen LogP contribution in [0.4, 0.5) is 5.00 Å². The zero-order chi connectivity index (χ0) is 13.9. The number of hydrogen-bond donors (Lipinski definition) is 0. The van der Waals surface area contributed by atoms with Gasteiger partial charge in [-0.25, -0.2) is 4.99 Å². The lowest BCUT2D eigenvalue weighted by Gasteiger charge is -2.09. The zero-order valence-electron chi connectivity index (χ0n) is 10.9. The summed E-state index contributed by atoms with van der Waals surface area (Å²) < 4.78 is 1.05. The number of fused-ring (bicyclic) bond motifs is 1. The summed E-state index contributed by atoms with van der Waals surface area (Å²) in [6, 6.07) is 10.3. The van der Waals surface area contributed by atoms with E-state index in [1.54, 1.807) is 11.3 Å². The Balaban J connectivity index is 1.93. The van der Waals surface area contributed by atoms with Crippen LogP contribution >= 0.6 is 27.3 Å². The molecular formula is C16H13BrN2S. The quantitative estimate of drug-likeness (QED) is 0.705. The highest BCUT2D eigenvalue weighted by Crippen LogP contribution is 2.39. The maximum Gasteiger partial charge on any atom is 0.134 e. The molecule has 0 bridgehead atoms. The molecule has 2 nitrogen and oxygen atoms in total. The smallest absolute Gasteiger partial charge is 0.134 e. The Morgan fingerprint density at radius 1 is 1.20 bits per heavy atom. The van der Waals surface area contributed by atoms with Gasteiger partial charge in [0.1, 0.15) is 11.1 Å². The lowest BCUT2D eigenvalue weighted by Crippen LogP contribution is -1.99. The molecule has 4 heteroatoms. The lowest BCUT2D eigenvalue weighted by molar-refractivity contribution is 0.696. The lowest BCUT2D eigenvalue weighted by atomic mass is 9.96. The molecule has 100 valence electrons. The van der Waals surface area contributed by atoms with Crippen LogP contribution < -0.4 is 0 Å². The molecule has 0 saturated carbocycles. The van der Waals surface area contributed by atoms with Crippen LogP contribution in [0.25, 0.3) is 0 Å². The van der Waals surface area contributed by atoms with Crippen molar-refractivity contribution in [1.82, 2.24) is 0 Å². The van der Waals surface area contributed by atoms with Crippen LogP contribution in [0.2, 0.25) is 0 Å². The molecule has 0 unspecified atom stereocenters. The van der Waals surface area contributed by atoms with E-state index in [0.717, 1.165) is 33.4 Å². The van der Waals surface area contributed by atoms with Crippen molar-refractivity contribution in [1.29, 1.82) is 5.26 Å².